The maximum Gasteiger partial charge on any atom is 0.0500 e. The highest BCUT2D eigenvalue weighted by molar-refractivity contribution is 5.00. The Hall–Kier alpha value is -0.0800. The van der Waals surface area contributed by atoms with Gasteiger partial charge in [-0.15, -0.1) is 10.3 Å². The van der Waals surface area contributed by atoms with Crippen molar-refractivity contribution < 1.29 is 5.21 Å². The zero-order valence-corrected chi connectivity index (χ0v) is 18.6. The normalized spacial score (nSPS) is 19.3. The molecule has 155 valence electrons. The SMILES string of the molecule is CCCCCCCCCC1(CCCCCCCCC)CCC(C)(C)N1[O]. The first kappa shape index (κ1) is 24.0. The molecule has 0 aliphatic carbocycles. The van der Waals surface area contributed by atoms with Gasteiger partial charge >= 0.3 is 0 Å². The molecular formula is C24H48NO. The van der Waals surface area contributed by atoms with Crippen molar-refractivity contribution in [2.75, 3.05) is 0 Å². The van der Waals surface area contributed by atoms with E-state index >= 15 is 0 Å². The second-order valence-corrected chi connectivity index (χ2v) is 9.57. The van der Waals surface area contributed by atoms with Crippen LogP contribution in [0.15, 0.2) is 0 Å². The second kappa shape index (κ2) is 13.2. The summed E-state index contributed by atoms with van der Waals surface area (Å²) in [5, 5.41) is 14.6. The minimum atomic E-state index is -0.151. The highest BCUT2D eigenvalue weighted by Crippen LogP contribution is 2.45. The molecule has 1 radical (unpaired) electrons. The smallest absolute Gasteiger partial charge is 0.0500 e. The lowest BCUT2D eigenvalue weighted by molar-refractivity contribution is -0.257. The van der Waals surface area contributed by atoms with E-state index in [1.165, 1.54) is 95.0 Å². The summed E-state index contributed by atoms with van der Waals surface area (Å²) in [5.41, 5.74) is -0.196. The van der Waals surface area contributed by atoms with Crippen LogP contribution < -0.4 is 0 Å². The lowest BCUT2D eigenvalue weighted by atomic mass is 9.84. The zero-order valence-electron chi connectivity index (χ0n) is 18.6. The van der Waals surface area contributed by atoms with Gasteiger partial charge in [0.15, 0.2) is 0 Å². The molecule has 1 fully saturated rings. The molecule has 0 amide bonds. The third-order valence-corrected chi connectivity index (χ3v) is 6.67. The van der Waals surface area contributed by atoms with Crippen LogP contribution in [-0.2, 0) is 5.21 Å². The largest absolute Gasteiger partial charge is 0.143 e. The third-order valence-electron chi connectivity index (χ3n) is 6.67. The fourth-order valence-electron chi connectivity index (χ4n) is 4.78. The molecule has 2 nitrogen and oxygen atoms in total. The van der Waals surface area contributed by atoms with Gasteiger partial charge in [0.1, 0.15) is 0 Å². The first-order valence-electron chi connectivity index (χ1n) is 12.0. The fourth-order valence-corrected chi connectivity index (χ4v) is 4.78. The van der Waals surface area contributed by atoms with Crippen LogP contribution in [0.4, 0.5) is 0 Å². The summed E-state index contributed by atoms with van der Waals surface area (Å²) in [6.45, 7) is 8.85. The molecule has 0 aromatic heterocycles. The van der Waals surface area contributed by atoms with E-state index in [4.69, 9.17) is 0 Å². The van der Waals surface area contributed by atoms with Crippen molar-refractivity contribution in [2.24, 2.45) is 0 Å². The Kier molecular flexibility index (Phi) is 12.1. The Morgan fingerprint density at radius 1 is 0.615 bits per heavy atom. The lowest BCUT2D eigenvalue weighted by Gasteiger charge is -2.38. The number of hydroxylamine groups is 2. The first-order chi connectivity index (χ1) is 12.5. The number of hydrogen-bond donors (Lipinski definition) is 0. The number of rotatable bonds is 16. The van der Waals surface area contributed by atoms with Gasteiger partial charge in [0.25, 0.3) is 0 Å². The quantitative estimate of drug-likeness (QED) is 0.252. The van der Waals surface area contributed by atoms with Crippen LogP contribution in [-0.4, -0.2) is 16.1 Å². The molecule has 2 heteroatoms. The monoisotopic (exact) mass is 366 g/mol. The van der Waals surface area contributed by atoms with Crippen LogP contribution in [0.2, 0.25) is 0 Å². The molecule has 0 bridgehead atoms. The molecule has 1 heterocycles. The van der Waals surface area contributed by atoms with Gasteiger partial charge in [-0.25, -0.2) is 0 Å². The van der Waals surface area contributed by atoms with Gasteiger partial charge < -0.3 is 0 Å². The molecule has 0 aromatic carbocycles. The summed E-state index contributed by atoms with van der Waals surface area (Å²) >= 11 is 0. The van der Waals surface area contributed by atoms with Crippen molar-refractivity contribution in [3.05, 3.63) is 0 Å². The average molecular weight is 367 g/mol. The average Bonchev–Trinajstić information content (AvgIpc) is 2.85. The molecule has 0 saturated carbocycles. The van der Waals surface area contributed by atoms with Crippen LogP contribution in [0, 0.1) is 0 Å². The summed E-state index contributed by atoms with van der Waals surface area (Å²) < 4.78 is 0. The predicted molar refractivity (Wildman–Crippen MR) is 114 cm³/mol. The lowest BCUT2D eigenvalue weighted by Crippen LogP contribution is -2.48. The molecule has 0 unspecified atom stereocenters. The summed E-state index contributed by atoms with van der Waals surface area (Å²) in [6.07, 6.45) is 23.2. The molecule has 0 spiro atoms. The molecule has 0 N–H and O–H groups in total. The van der Waals surface area contributed by atoms with E-state index in [1.54, 1.807) is 0 Å². The topological polar surface area (TPSA) is 23.1 Å². The van der Waals surface area contributed by atoms with E-state index in [2.05, 4.69) is 27.7 Å². The minimum absolute atomic E-state index is 0.0453. The van der Waals surface area contributed by atoms with Gasteiger partial charge in [0.05, 0.1) is 5.54 Å². The van der Waals surface area contributed by atoms with Crippen molar-refractivity contribution in [3.63, 3.8) is 0 Å². The van der Waals surface area contributed by atoms with Crippen LogP contribution >= 0.6 is 0 Å². The Bertz CT molecular complexity index is 321. The fraction of sp³-hybridized carbons (Fsp3) is 1.00. The first-order valence-corrected chi connectivity index (χ1v) is 12.0. The molecule has 0 atom stereocenters. The standard InChI is InChI=1S/C24H48NO/c1-5-7-9-11-13-15-17-19-24(22-21-23(3,4)25(24)26)20-18-16-14-12-10-8-6-2/h5-22H2,1-4H3. The van der Waals surface area contributed by atoms with E-state index in [-0.39, 0.29) is 11.1 Å². The Morgan fingerprint density at radius 3 is 1.35 bits per heavy atom. The van der Waals surface area contributed by atoms with Gasteiger partial charge in [0.2, 0.25) is 0 Å². The second-order valence-electron chi connectivity index (χ2n) is 9.57. The summed E-state index contributed by atoms with van der Waals surface area (Å²) in [5.74, 6) is 0. The van der Waals surface area contributed by atoms with E-state index in [0.717, 1.165) is 25.7 Å². The molecule has 0 aromatic rings. The Morgan fingerprint density at radius 2 is 1.00 bits per heavy atom. The molecule has 1 rings (SSSR count). The van der Waals surface area contributed by atoms with Gasteiger partial charge in [0, 0.05) is 5.54 Å². The van der Waals surface area contributed by atoms with E-state index in [0.29, 0.717) is 0 Å². The zero-order chi connectivity index (χ0) is 19.3. The van der Waals surface area contributed by atoms with Crippen molar-refractivity contribution in [1.82, 2.24) is 5.06 Å². The summed E-state index contributed by atoms with van der Waals surface area (Å²) in [4.78, 5) is 0. The molecular weight excluding hydrogens is 318 g/mol. The van der Waals surface area contributed by atoms with Crippen molar-refractivity contribution in [3.8, 4) is 0 Å². The highest BCUT2D eigenvalue weighted by Gasteiger charge is 2.50. The van der Waals surface area contributed by atoms with Crippen molar-refractivity contribution in [2.45, 2.75) is 154 Å². The van der Waals surface area contributed by atoms with Crippen molar-refractivity contribution in [1.29, 1.82) is 0 Å². The van der Waals surface area contributed by atoms with E-state index in [1.807, 2.05) is 0 Å². The van der Waals surface area contributed by atoms with Crippen LogP contribution in [0.25, 0.3) is 0 Å². The number of hydrogen-bond acceptors (Lipinski definition) is 1. The van der Waals surface area contributed by atoms with Gasteiger partial charge in [-0.2, -0.15) is 0 Å². The number of unbranched alkanes of at least 4 members (excludes halogenated alkanes) is 12. The van der Waals surface area contributed by atoms with Crippen molar-refractivity contribution >= 4 is 0 Å². The Labute approximate surface area is 165 Å². The van der Waals surface area contributed by atoms with Gasteiger partial charge in [-0.3, -0.25) is 0 Å². The van der Waals surface area contributed by atoms with E-state index < -0.39 is 0 Å². The molecule has 1 aliphatic rings. The van der Waals surface area contributed by atoms with Crippen LogP contribution in [0.3, 0.4) is 0 Å². The Balaban J connectivity index is 2.34. The van der Waals surface area contributed by atoms with Gasteiger partial charge in [-0.05, 0) is 39.5 Å². The molecule has 1 saturated heterocycles. The molecule has 1 aliphatic heterocycles. The maximum atomic E-state index is 13.1. The number of nitrogens with zero attached hydrogens (tertiary/aromatic N) is 1. The highest BCUT2D eigenvalue weighted by atomic mass is 16.5. The predicted octanol–water partition coefficient (Wildman–Crippen LogP) is 8.23. The van der Waals surface area contributed by atoms with Gasteiger partial charge in [-0.1, -0.05) is 104 Å². The summed E-state index contributed by atoms with van der Waals surface area (Å²) in [6, 6.07) is 0. The van der Waals surface area contributed by atoms with Crippen LogP contribution in [0.5, 0.6) is 0 Å². The molecule has 26 heavy (non-hydrogen) atoms. The third kappa shape index (κ3) is 8.30. The van der Waals surface area contributed by atoms with E-state index in [9.17, 15) is 5.21 Å². The van der Waals surface area contributed by atoms with Crippen LogP contribution in [0.1, 0.15) is 143 Å². The minimum Gasteiger partial charge on any atom is -0.143 e. The summed E-state index contributed by atoms with van der Waals surface area (Å²) in [7, 11) is 0. The maximum absolute atomic E-state index is 13.1.